The monoisotopic (exact) mass is 392 g/mol. The number of nitrogens with zero attached hydrogens (tertiary/aromatic N) is 3. The Morgan fingerprint density at radius 1 is 1.07 bits per heavy atom. The third-order valence-corrected chi connectivity index (χ3v) is 4.65. The first kappa shape index (κ1) is 19.9. The summed E-state index contributed by atoms with van der Waals surface area (Å²) in [5.41, 5.74) is 4.12. The molecule has 0 fully saturated rings. The summed E-state index contributed by atoms with van der Waals surface area (Å²) >= 11 is 0. The standard InChI is InChI=1S/C21H20N4O4/c1-13-10-15(3)16(11-14(13)2)17-8-9-21(27)24(23-17)12-20(26)22-18-6-4-5-7-19(18)25(28)29/h4-11H,12H2,1-3H3,(H,22,26). The molecule has 8 nitrogen and oxygen atoms in total. The van der Waals surface area contributed by atoms with Crippen molar-refractivity contribution in [2.75, 3.05) is 5.32 Å². The first-order valence-corrected chi connectivity index (χ1v) is 8.96. The Labute approximate surface area is 167 Å². The molecule has 0 saturated heterocycles. The lowest BCUT2D eigenvalue weighted by Crippen LogP contribution is -2.29. The molecule has 0 radical (unpaired) electrons. The highest BCUT2D eigenvalue weighted by atomic mass is 16.6. The number of hydrogen-bond donors (Lipinski definition) is 1. The second kappa shape index (κ2) is 8.05. The van der Waals surface area contributed by atoms with Gasteiger partial charge in [-0.15, -0.1) is 0 Å². The summed E-state index contributed by atoms with van der Waals surface area (Å²) in [6, 6.07) is 12.8. The Bertz CT molecular complexity index is 1170. The van der Waals surface area contributed by atoms with Crippen LogP contribution in [0.3, 0.4) is 0 Å². The van der Waals surface area contributed by atoms with Crippen LogP contribution in [0.15, 0.2) is 53.3 Å². The van der Waals surface area contributed by atoms with Crippen LogP contribution in [0.4, 0.5) is 11.4 Å². The summed E-state index contributed by atoms with van der Waals surface area (Å²) < 4.78 is 1.05. The van der Waals surface area contributed by atoms with Crippen LogP contribution in [0, 0.1) is 30.9 Å². The van der Waals surface area contributed by atoms with Gasteiger partial charge < -0.3 is 5.32 Å². The minimum Gasteiger partial charge on any atom is -0.319 e. The second-order valence-electron chi connectivity index (χ2n) is 6.79. The smallest absolute Gasteiger partial charge is 0.292 e. The first-order chi connectivity index (χ1) is 13.8. The summed E-state index contributed by atoms with van der Waals surface area (Å²) in [5.74, 6) is -0.581. The van der Waals surface area contributed by atoms with Crippen molar-refractivity contribution in [3.05, 3.63) is 85.7 Å². The van der Waals surface area contributed by atoms with Gasteiger partial charge in [-0.25, -0.2) is 4.68 Å². The first-order valence-electron chi connectivity index (χ1n) is 8.96. The van der Waals surface area contributed by atoms with Crippen molar-refractivity contribution >= 4 is 17.3 Å². The quantitative estimate of drug-likeness (QED) is 0.529. The molecule has 0 aliphatic heterocycles. The normalized spacial score (nSPS) is 10.6. The summed E-state index contributed by atoms with van der Waals surface area (Å²) in [6.07, 6.45) is 0. The molecule has 29 heavy (non-hydrogen) atoms. The summed E-state index contributed by atoms with van der Waals surface area (Å²) in [4.78, 5) is 35.1. The molecule has 0 saturated carbocycles. The largest absolute Gasteiger partial charge is 0.319 e. The zero-order valence-corrected chi connectivity index (χ0v) is 16.3. The van der Waals surface area contributed by atoms with Crippen molar-refractivity contribution in [1.29, 1.82) is 0 Å². The Morgan fingerprint density at radius 3 is 2.48 bits per heavy atom. The molecule has 0 spiro atoms. The molecule has 8 heteroatoms. The van der Waals surface area contributed by atoms with Gasteiger partial charge in [-0.1, -0.05) is 18.2 Å². The molecular weight excluding hydrogens is 372 g/mol. The van der Waals surface area contributed by atoms with Crippen molar-refractivity contribution < 1.29 is 9.72 Å². The molecule has 3 aromatic rings. The maximum Gasteiger partial charge on any atom is 0.292 e. The predicted octanol–water partition coefficient (Wildman–Crippen LogP) is 3.38. The highest BCUT2D eigenvalue weighted by Crippen LogP contribution is 2.25. The molecule has 148 valence electrons. The molecule has 0 atom stereocenters. The van der Waals surface area contributed by atoms with Gasteiger partial charge in [-0.05, 0) is 55.7 Å². The number of nitro benzene ring substituents is 1. The van der Waals surface area contributed by atoms with Crippen molar-refractivity contribution in [3.63, 3.8) is 0 Å². The van der Waals surface area contributed by atoms with Gasteiger partial charge in [0.2, 0.25) is 5.91 Å². The fourth-order valence-electron chi connectivity index (χ4n) is 3.01. The number of rotatable bonds is 5. The van der Waals surface area contributed by atoms with E-state index in [1.54, 1.807) is 12.1 Å². The SMILES string of the molecule is Cc1cc(C)c(-c2ccc(=O)n(CC(=O)Nc3ccccc3[N+](=O)[O-])n2)cc1C. The molecule has 0 aliphatic rings. The van der Waals surface area contributed by atoms with E-state index in [-0.39, 0.29) is 17.9 Å². The van der Waals surface area contributed by atoms with Crippen LogP contribution >= 0.6 is 0 Å². The van der Waals surface area contributed by atoms with Gasteiger partial charge in [0.05, 0.1) is 10.6 Å². The predicted molar refractivity (Wildman–Crippen MR) is 110 cm³/mol. The number of benzene rings is 2. The molecule has 1 amide bonds. The number of nitrogens with one attached hydrogen (secondary N) is 1. The van der Waals surface area contributed by atoms with Crippen LogP contribution in [0.25, 0.3) is 11.3 Å². The maximum atomic E-state index is 12.4. The number of carbonyl (C=O) groups excluding carboxylic acids is 1. The fraction of sp³-hybridized carbons (Fsp3) is 0.190. The number of aromatic nitrogens is 2. The van der Waals surface area contributed by atoms with Gasteiger partial charge in [0.25, 0.3) is 11.2 Å². The minimum absolute atomic E-state index is 0.0664. The third-order valence-electron chi connectivity index (χ3n) is 4.65. The molecule has 2 aromatic carbocycles. The van der Waals surface area contributed by atoms with Crippen molar-refractivity contribution in [2.24, 2.45) is 0 Å². The third kappa shape index (κ3) is 4.37. The van der Waals surface area contributed by atoms with E-state index in [0.29, 0.717) is 5.69 Å². The van der Waals surface area contributed by atoms with Crippen LogP contribution in [0.2, 0.25) is 0 Å². The van der Waals surface area contributed by atoms with E-state index in [2.05, 4.69) is 10.4 Å². The van der Waals surface area contributed by atoms with Crippen LogP contribution in [-0.4, -0.2) is 20.6 Å². The maximum absolute atomic E-state index is 12.4. The lowest BCUT2D eigenvalue weighted by molar-refractivity contribution is -0.383. The number of nitro groups is 1. The van der Waals surface area contributed by atoms with Gasteiger partial charge in [0.1, 0.15) is 12.2 Å². The number of carbonyl (C=O) groups is 1. The van der Waals surface area contributed by atoms with Gasteiger partial charge in [0.15, 0.2) is 0 Å². The van der Waals surface area contributed by atoms with E-state index in [0.717, 1.165) is 26.9 Å². The summed E-state index contributed by atoms with van der Waals surface area (Å²) in [6.45, 7) is 5.62. The molecule has 1 heterocycles. The van der Waals surface area contributed by atoms with Crippen LogP contribution in [0.5, 0.6) is 0 Å². The highest BCUT2D eigenvalue weighted by molar-refractivity contribution is 5.92. The van der Waals surface area contributed by atoms with E-state index in [1.165, 1.54) is 24.3 Å². The molecule has 0 unspecified atom stereocenters. The lowest BCUT2D eigenvalue weighted by atomic mass is 9.99. The van der Waals surface area contributed by atoms with Crippen LogP contribution in [-0.2, 0) is 11.3 Å². The average Bonchev–Trinajstić information content (AvgIpc) is 2.67. The highest BCUT2D eigenvalue weighted by Gasteiger charge is 2.16. The van der Waals surface area contributed by atoms with E-state index in [9.17, 15) is 19.7 Å². The number of amides is 1. The number of aryl methyl sites for hydroxylation is 3. The van der Waals surface area contributed by atoms with E-state index < -0.39 is 16.4 Å². The van der Waals surface area contributed by atoms with E-state index in [1.807, 2.05) is 32.9 Å². The van der Waals surface area contributed by atoms with Gasteiger partial charge in [-0.2, -0.15) is 5.10 Å². The Kier molecular flexibility index (Phi) is 5.54. The zero-order chi connectivity index (χ0) is 21.1. The Hall–Kier alpha value is -3.81. The lowest BCUT2D eigenvalue weighted by Gasteiger charge is -2.11. The van der Waals surface area contributed by atoms with Crippen LogP contribution in [0.1, 0.15) is 16.7 Å². The molecule has 0 aliphatic carbocycles. The van der Waals surface area contributed by atoms with Crippen molar-refractivity contribution in [3.8, 4) is 11.3 Å². The van der Waals surface area contributed by atoms with Crippen molar-refractivity contribution in [2.45, 2.75) is 27.3 Å². The molecule has 1 aromatic heterocycles. The van der Waals surface area contributed by atoms with Gasteiger partial charge in [-0.3, -0.25) is 19.7 Å². The molecular formula is C21H20N4O4. The Balaban J connectivity index is 1.88. The fourth-order valence-corrected chi connectivity index (χ4v) is 3.01. The van der Waals surface area contributed by atoms with E-state index >= 15 is 0 Å². The van der Waals surface area contributed by atoms with Gasteiger partial charge >= 0.3 is 0 Å². The second-order valence-corrected chi connectivity index (χ2v) is 6.79. The Morgan fingerprint density at radius 2 is 1.76 bits per heavy atom. The zero-order valence-electron chi connectivity index (χ0n) is 16.3. The van der Waals surface area contributed by atoms with Crippen molar-refractivity contribution in [1.82, 2.24) is 9.78 Å². The number of anilines is 1. The average molecular weight is 392 g/mol. The minimum atomic E-state index is -0.581. The summed E-state index contributed by atoms with van der Waals surface area (Å²) in [5, 5.41) is 17.9. The van der Waals surface area contributed by atoms with E-state index in [4.69, 9.17) is 0 Å². The summed E-state index contributed by atoms with van der Waals surface area (Å²) in [7, 11) is 0. The molecule has 3 rings (SSSR count). The molecule has 1 N–H and O–H groups in total. The molecule has 0 bridgehead atoms. The number of para-hydroxylation sites is 2. The van der Waals surface area contributed by atoms with Gasteiger partial charge in [0, 0.05) is 17.7 Å². The number of hydrogen-bond acceptors (Lipinski definition) is 5. The topological polar surface area (TPSA) is 107 Å². The van der Waals surface area contributed by atoms with Crippen LogP contribution < -0.4 is 10.9 Å².